The van der Waals surface area contributed by atoms with Gasteiger partial charge in [0.1, 0.15) is 6.61 Å². The third kappa shape index (κ3) is 3.64. The van der Waals surface area contributed by atoms with E-state index in [1.807, 2.05) is 43.3 Å². The van der Waals surface area contributed by atoms with Gasteiger partial charge in [0.15, 0.2) is 0 Å². The average Bonchev–Trinajstić information content (AvgIpc) is 2.38. The molecule has 0 saturated heterocycles. The van der Waals surface area contributed by atoms with Crippen LogP contribution in [0.1, 0.15) is 16.5 Å². The molecule has 1 atom stereocenters. The third-order valence-electron chi connectivity index (χ3n) is 3.04. The summed E-state index contributed by atoms with van der Waals surface area (Å²) in [5.74, 6) is 0. The van der Waals surface area contributed by atoms with Crippen LogP contribution in [-0.2, 0) is 4.74 Å². The van der Waals surface area contributed by atoms with E-state index in [0.29, 0.717) is 0 Å². The van der Waals surface area contributed by atoms with Gasteiger partial charge in [-0.3, -0.25) is 0 Å². The number of fused-ring (bicyclic) bond motifs is 1. The van der Waals surface area contributed by atoms with E-state index in [1.165, 1.54) is 0 Å². The van der Waals surface area contributed by atoms with Gasteiger partial charge in [0.05, 0.1) is 12.0 Å². The summed E-state index contributed by atoms with van der Waals surface area (Å²) in [5, 5.41) is 1.39. The molecule has 2 aromatic rings. The van der Waals surface area contributed by atoms with Crippen molar-refractivity contribution in [2.45, 2.75) is 18.5 Å². The highest BCUT2D eigenvalue weighted by Gasteiger charge is 2.28. The Kier molecular flexibility index (Phi) is 4.55. The molecule has 2 rings (SSSR count). The van der Waals surface area contributed by atoms with Crippen molar-refractivity contribution in [3.63, 3.8) is 0 Å². The van der Waals surface area contributed by atoms with Crippen LogP contribution < -0.4 is 0 Å². The van der Waals surface area contributed by atoms with Crippen molar-refractivity contribution in [2.75, 3.05) is 13.2 Å². The maximum absolute atomic E-state index is 12.0. The fourth-order valence-electron chi connectivity index (χ4n) is 2.11. The van der Waals surface area contributed by atoms with Crippen molar-refractivity contribution in [1.82, 2.24) is 0 Å². The second-order valence-corrected chi connectivity index (χ2v) is 5.14. The van der Waals surface area contributed by atoms with E-state index >= 15 is 0 Å². The molecule has 0 spiro atoms. The predicted molar refractivity (Wildman–Crippen MR) is 74.2 cm³/mol. The van der Waals surface area contributed by atoms with E-state index in [0.717, 1.165) is 21.9 Å². The predicted octanol–water partition coefficient (Wildman–Crippen LogP) is 5.01. The van der Waals surface area contributed by atoms with Crippen LogP contribution in [-0.4, -0.2) is 19.4 Å². The van der Waals surface area contributed by atoms with Gasteiger partial charge in [-0.25, -0.2) is 0 Å². The van der Waals surface area contributed by atoms with E-state index in [9.17, 15) is 13.2 Å². The normalized spacial score (nSPS) is 13.7. The summed E-state index contributed by atoms with van der Waals surface area (Å²) in [7, 11) is 0. The average molecular weight is 303 g/mol. The number of aryl methyl sites for hydroxylation is 1. The van der Waals surface area contributed by atoms with Gasteiger partial charge in [-0.1, -0.05) is 36.4 Å². The summed E-state index contributed by atoms with van der Waals surface area (Å²) in [6, 6.07) is 11.4. The lowest BCUT2D eigenvalue weighted by molar-refractivity contribution is -0.173. The second kappa shape index (κ2) is 6.02. The molecule has 0 bridgehead atoms. The van der Waals surface area contributed by atoms with Crippen LogP contribution in [0.5, 0.6) is 0 Å². The number of ether oxygens (including phenoxy) is 1. The molecular weight excluding hydrogens is 289 g/mol. The van der Waals surface area contributed by atoms with Gasteiger partial charge in [0.2, 0.25) is 0 Å². The topological polar surface area (TPSA) is 9.23 Å². The Hall–Kier alpha value is -1.26. The summed E-state index contributed by atoms with van der Waals surface area (Å²) in [6.07, 6.45) is -4.33. The largest absolute Gasteiger partial charge is 0.411 e. The molecule has 0 saturated carbocycles. The highest BCUT2D eigenvalue weighted by atomic mass is 35.5. The van der Waals surface area contributed by atoms with E-state index in [2.05, 4.69) is 4.74 Å². The zero-order valence-corrected chi connectivity index (χ0v) is 11.6. The molecule has 0 fully saturated rings. The fraction of sp³-hybridized carbons (Fsp3) is 0.333. The monoisotopic (exact) mass is 302 g/mol. The van der Waals surface area contributed by atoms with Crippen molar-refractivity contribution >= 4 is 22.4 Å². The molecule has 0 amide bonds. The molecule has 108 valence electrons. The van der Waals surface area contributed by atoms with E-state index in [1.54, 1.807) is 0 Å². The maximum atomic E-state index is 12.0. The summed E-state index contributed by atoms with van der Waals surface area (Å²) in [6.45, 7) is 0.531. The zero-order chi connectivity index (χ0) is 14.8. The lowest BCUT2D eigenvalue weighted by atomic mass is 9.98. The molecule has 5 heteroatoms. The highest BCUT2D eigenvalue weighted by molar-refractivity contribution is 6.22. The van der Waals surface area contributed by atoms with Crippen LogP contribution in [0.2, 0.25) is 0 Å². The van der Waals surface area contributed by atoms with Gasteiger partial charge in [0, 0.05) is 0 Å². The number of benzene rings is 2. The van der Waals surface area contributed by atoms with Crippen molar-refractivity contribution in [3.8, 4) is 0 Å². The number of hydrogen-bond acceptors (Lipinski definition) is 1. The number of hydrogen-bond donors (Lipinski definition) is 0. The standard InChI is InChI=1S/C15H14ClF3O/c1-10-6-7-13(12-5-3-2-4-11(10)12)14(16)8-20-9-15(17,18)19/h2-7,14H,8-9H2,1H3. The van der Waals surface area contributed by atoms with Crippen molar-refractivity contribution in [3.05, 3.63) is 47.5 Å². The van der Waals surface area contributed by atoms with E-state index in [-0.39, 0.29) is 6.61 Å². The smallest absolute Gasteiger partial charge is 0.370 e. The Balaban J connectivity index is 2.18. The minimum atomic E-state index is -4.33. The number of rotatable bonds is 4. The fourth-order valence-corrected chi connectivity index (χ4v) is 2.39. The Morgan fingerprint density at radius 1 is 1.10 bits per heavy atom. The summed E-state index contributed by atoms with van der Waals surface area (Å²) >= 11 is 6.17. The zero-order valence-electron chi connectivity index (χ0n) is 10.9. The SMILES string of the molecule is Cc1ccc(C(Cl)COCC(F)(F)F)c2ccccc12. The molecule has 0 aromatic heterocycles. The molecule has 0 heterocycles. The van der Waals surface area contributed by atoms with E-state index < -0.39 is 18.2 Å². The highest BCUT2D eigenvalue weighted by Crippen LogP contribution is 2.31. The summed E-state index contributed by atoms with van der Waals surface area (Å²) < 4.78 is 40.8. The lowest BCUT2D eigenvalue weighted by Gasteiger charge is -2.15. The van der Waals surface area contributed by atoms with Gasteiger partial charge in [-0.15, -0.1) is 11.6 Å². The first-order valence-electron chi connectivity index (χ1n) is 6.15. The Labute approximate surface area is 120 Å². The number of halogens is 4. The molecule has 20 heavy (non-hydrogen) atoms. The summed E-state index contributed by atoms with van der Waals surface area (Å²) in [4.78, 5) is 0. The maximum Gasteiger partial charge on any atom is 0.411 e. The molecule has 0 N–H and O–H groups in total. The Morgan fingerprint density at radius 2 is 1.75 bits per heavy atom. The first-order chi connectivity index (χ1) is 9.38. The Morgan fingerprint density at radius 3 is 2.40 bits per heavy atom. The number of alkyl halides is 4. The quantitative estimate of drug-likeness (QED) is 0.722. The van der Waals surface area contributed by atoms with Crippen LogP contribution in [0.4, 0.5) is 13.2 Å². The molecule has 1 nitrogen and oxygen atoms in total. The van der Waals surface area contributed by atoms with Crippen LogP contribution >= 0.6 is 11.6 Å². The molecule has 0 radical (unpaired) electrons. The first kappa shape index (κ1) is 15.1. The van der Waals surface area contributed by atoms with Crippen LogP contribution in [0.3, 0.4) is 0 Å². The lowest BCUT2D eigenvalue weighted by Crippen LogP contribution is -2.18. The molecule has 2 aromatic carbocycles. The first-order valence-corrected chi connectivity index (χ1v) is 6.59. The van der Waals surface area contributed by atoms with Crippen molar-refractivity contribution in [2.24, 2.45) is 0 Å². The third-order valence-corrected chi connectivity index (χ3v) is 3.40. The van der Waals surface area contributed by atoms with Crippen molar-refractivity contribution in [1.29, 1.82) is 0 Å². The molecule has 0 aliphatic carbocycles. The van der Waals surface area contributed by atoms with Crippen LogP contribution in [0.25, 0.3) is 10.8 Å². The van der Waals surface area contributed by atoms with Gasteiger partial charge in [0.25, 0.3) is 0 Å². The van der Waals surface area contributed by atoms with Gasteiger partial charge in [-0.05, 0) is 28.8 Å². The van der Waals surface area contributed by atoms with Crippen molar-refractivity contribution < 1.29 is 17.9 Å². The molecule has 1 unspecified atom stereocenters. The molecule has 0 aliphatic heterocycles. The van der Waals surface area contributed by atoms with Gasteiger partial charge >= 0.3 is 6.18 Å². The van der Waals surface area contributed by atoms with Gasteiger partial charge in [-0.2, -0.15) is 13.2 Å². The van der Waals surface area contributed by atoms with E-state index in [4.69, 9.17) is 11.6 Å². The minimum Gasteiger partial charge on any atom is -0.370 e. The Bertz CT molecular complexity index is 595. The van der Waals surface area contributed by atoms with Crippen LogP contribution in [0.15, 0.2) is 36.4 Å². The minimum absolute atomic E-state index is 0.172. The van der Waals surface area contributed by atoms with Crippen LogP contribution in [0, 0.1) is 6.92 Å². The summed E-state index contributed by atoms with van der Waals surface area (Å²) in [5.41, 5.74) is 1.89. The molecular formula is C15H14ClF3O. The van der Waals surface area contributed by atoms with Gasteiger partial charge < -0.3 is 4.74 Å². The second-order valence-electron chi connectivity index (χ2n) is 4.62. The molecule has 0 aliphatic rings.